The highest BCUT2D eigenvalue weighted by Gasteiger charge is 2.21. The van der Waals surface area contributed by atoms with E-state index in [9.17, 15) is 0 Å². The molecule has 1 unspecified atom stereocenters. The Morgan fingerprint density at radius 1 is 1.19 bits per heavy atom. The van der Waals surface area contributed by atoms with Gasteiger partial charge in [-0.25, -0.2) is 0 Å². The van der Waals surface area contributed by atoms with Crippen LogP contribution in [0.15, 0.2) is 30.3 Å². The predicted octanol–water partition coefficient (Wildman–Crippen LogP) is 4.62. The van der Waals surface area contributed by atoms with Crippen molar-refractivity contribution in [1.29, 1.82) is 0 Å². The molecule has 0 saturated carbocycles. The number of hydrogen-bond acceptors (Lipinski definition) is 0. The molecular weight excluding hydrogens is 192 g/mol. The average Bonchev–Trinajstić information content (AvgIpc) is 2.27. The first-order valence-corrected chi connectivity index (χ1v) is 6.08. The molecule has 0 amide bonds. The van der Waals surface area contributed by atoms with E-state index in [-0.39, 0.29) is 5.41 Å². The molecule has 1 atom stereocenters. The van der Waals surface area contributed by atoms with Crippen molar-refractivity contribution in [2.45, 2.75) is 46.5 Å². The van der Waals surface area contributed by atoms with E-state index >= 15 is 0 Å². The summed E-state index contributed by atoms with van der Waals surface area (Å²) in [5.41, 5.74) is 1.56. The Hall–Kier alpha value is -1.22. The Kier molecular flexibility index (Phi) is 4.62. The lowest BCUT2D eigenvalue weighted by Crippen LogP contribution is -2.13. The predicted molar refractivity (Wildman–Crippen MR) is 71.3 cm³/mol. The molecular formula is C16H22. The lowest BCUT2D eigenvalue weighted by molar-refractivity contribution is 0.398. The molecule has 0 aromatic heterocycles. The fourth-order valence-corrected chi connectivity index (χ4v) is 2.23. The molecule has 0 heteroatoms. The minimum Gasteiger partial charge on any atom is -0.106 e. The molecule has 0 radical (unpaired) electrons. The first-order valence-electron chi connectivity index (χ1n) is 6.08. The van der Waals surface area contributed by atoms with Crippen molar-refractivity contribution in [1.82, 2.24) is 0 Å². The lowest BCUT2D eigenvalue weighted by Gasteiger charge is -2.24. The highest BCUT2D eigenvalue weighted by molar-refractivity contribution is 5.21. The summed E-state index contributed by atoms with van der Waals surface area (Å²) in [4.78, 5) is 0. The van der Waals surface area contributed by atoms with Crippen molar-refractivity contribution in [3.05, 3.63) is 35.9 Å². The quantitative estimate of drug-likeness (QED) is 0.641. The third-order valence-corrected chi connectivity index (χ3v) is 2.98. The first kappa shape index (κ1) is 12.8. The van der Waals surface area contributed by atoms with Crippen LogP contribution in [-0.2, 0) is 0 Å². The molecule has 0 N–H and O–H groups in total. The van der Waals surface area contributed by atoms with E-state index in [0.717, 1.165) is 6.42 Å². The van der Waals surface area contributed by atoms with Crippen molar-refractivity contribution >= 4 is 0 Å². The second-order valence-electron chi connectivity index (χ2n) is 4.98. The fraction of sp³-hybridized carbons (Fsp3) is 0.500. The van der Waals surface area contributed by atoms with Gasteiger partial charge in [0.2, 0.25) is 0 Å². The Labute approximate surface area is 100 Å². The van der Waals surface area contributed by atoms with Crippen LogP contribution in [0.25, 0.3) is 0 Å². The average molecular weight is 214 g/mol. The summed E-state index contributed by atoms with van der Waals surface area (Å²) >= 11 is 0. The van der Waals surface area contributed by atoms with Crippen LogP contribution in [0.3, 0.4) is 0 Å². The molecule has 0 saturated heterocycles. The van der Waals surface area contributed by atoms with Gasteiger partial charge in [-0.1, -0.05) is 43.2 Å². The summed E-state index contributed by atoms with van der Waals surface area (Å²) in [6, 6.07) is 10.8. The second kappa shape index (κ2) is 5.75. The minimum atomic E-state index is 0.116. The molecule has 0 spiro atoms. The summed E-state index contributed by atoms with van der Waals surface area (Å²) in [6.45, 7) is 8.64. The zero-order valence-corrected chi connectivity index (χ0v) is 10.9. The SMILES string of the molecule is CC#CC(C)(C)CC(CC)c1ccccc1. The van der Waals surface area contributed by atoms with Crippen molar-refractivity contribution < 1.29 is 0 Å². The monoisotopic (exact) mass is 214 g/mol. The molecule has 86 valence electrons. The maximum atomic E-state index is 3.31. The van der Waals surface area contributed by atoms with Gasteiger partial charge in [0.25, 0.3) is 0 Å². The van der Waals surface area contributed by atoms with Crippen LogP contribution in [0.2, 0.25) is 0 Å². The van der Waals surface area contributed by atoms with Crippen LogP contribution in [0.4, 0.5) is 0 Å². The molecule has 0 aliphatic rings. The van der Waals surface area contributed by atoms with Gasteiger partial charge in [-0.15, -0.1) is 5.92 Å². The normalized spacial score (nSPS) is 12.8. The number of benzene rings is 1. The topological polar surface area (TPSA) is 0 Å². The Morgan fingerprint density at radius 3 is 2.31 bits per heavy atom. The molecule has 0 heterocycles. The van der Waals surface area contributed by atoms with Gasteiger partial charge in [-0.3, -0.25) is 0 Å². The van der Waals surface area contributed by atoms with Gasteiger partial charge >= 0.3 is 0 Å². The summed E-state index contributed by atoms with van der Waals surface area (Å²) < 4.78 is 0. The van der Waals surface area contributed by atoms with Crippen LogP contribution >= 0.6 is 0 Å². The Balaban J connectivity index is 2.80. The largest absolute Gasteiger partial charge is 0.106 e. The molecule has 1 aromatic rings. The maximum Gasteiger partial charge on any atom is 0.0264 e. The third kappa shape index (κ3) is 3.74. The number of hydrogen-bond donors (Lipinski definition) is 0. The van der Waals surface area contributed by atoms with Gasteiger partial charge in [-0.2, -0.15) is 0 Å². The minimum absolute atomic E-state index is 0.116. The van der Waals surface area contributed by atoms with E-state index in [4.69, 9.17) is 0 Å². The highest BCUT2D eigenvalue weighted by atomic mass is 14.2. The van der Waals surface area contributed by atoms with Crippen LogP contribution < -0.4 is 0 Å². The van der Waals surface area contributed by atoms with Crippen molar-refractivity contribution in [3.8, 4) is 11.8 Å². The van der Waals surface area contributed by atoms with Gasteiger partial charge in [0.15, 0.2) is 0 Å². The molecule has 0 fully saturated rings. The van der Waals surface area contributed by atoms with Crippen molar-refractivity contribution in [2.75, 3.05) is 0 Å². The van der Waals surface area contributed by atoms with Gasteiger partial charge in [-0.05, 0) is 45.1 Å². The van der Waals surface area contributed by atoms with Crippen LogP contribution in [-0.4, -0.2) is 0 Å². The zero-order valence-electron chi connectivity index (χ0n) is 10.9. The van der Waals surface area contributed by atoms with Crippen LogP contribution in [0.1, 0.15) is 52.0 Å². The van der Waals surface area contributed by atoms with Gasteiger partial charge in [0.05, 0.1) is 0 Å². The third-order valence-electron chi connectivity index (χ3n) is 2.98. The van der Waals surface area contributed by atoms with E-state index in [2.05, 4.69) is 62.9 Å². The van der Waals surface area contributed by atoms with Crippen molar-refractivity contribution in [3.63, 3.8) is 0 Å². The number of rotatable bonds is 4. The van der Waals surface area contributed by atoms with Crippen LogP contribution in [0.5, 0.6) is 0 Å². The molecule has 0 aliphatic heterocycles. The molecule has 1 aromatic carbocycles. The van der Waals surface area contributed by atoms with E-state index in [1.165, 1.54) is 12.0 Å². The van der Waals surface area contributed by atoms with E-state index in [0.29, 0.717) is 5.92 Å². The Morgan fingerprint density at radius 2 is 1.81 bits per heavy atom. The lowest BCUT2D eigenvalue weighted by atomic mass is 9.79. The molecule has 16 heavy (non-hydrogen) atoms. The van der Waals surface area contributed by atoms with E-state index in [1.54, 1.807) is 0 Å². The summed E-state index contributed by atoms with van der Waals surface area (Å²) in [5.74, 6) is 6.97. The smallest absolute Gasteiger partial charge is 0.0264 e. The molecule has 0 bridgehead atoms. The maximum absolute atomic E-state index is 3.31. The van der Waals surface area contributed by atoms with Gasteiger partial charge in [0, 0.05) is 5.41 Å². The molecule has 1 rings (SSSR count). The van der Waals surface area contributed by atoms with E-state index in [1.807, 2.05) is 6.92 Å². The molecule has 0 nitrogen and oxygen atoms in total. The standard InChI is InChI=1S/C16H22/c1-5-12-16(3,4)13-14(6-2)15-10-8-7-9-11-15/h7-11,14H,6,13H2,1-4H3. The zero-order chi connectivity index (χ0) is 12.0. The summed E-state index contributed by atoms with van der Waals surface area (Å²) in [6.07, 6.45) is 2.31. The second-order valence-corrected chi connectivity index (χ2v) is 4.98. The van der Waals surface area contributed by atoms with Gasteiger partial charge in [0.1, 0.15) is 0 Å². The van der Waals surface area contributed by atoms with Crippen molar-refractivity contribution in [2.24, 2.45) is 5.41 Å². The summed E-state index contributed by atoms with van der Waals surface area (Å²) in [7, 11) is 0. The summed E-state index contributed by atoms with van der Waals surface area (Å²) in [5, 5.41) is 0. The first-order chi connectivity index (χ1) is 7.59. The molecule has 0 aliphatic carbocycles. The Bertz CT molecular complexity index is 362. The van der Waals surface area contributed by atoms with Crippen LogP contribution in [0, 0.1) is 17.3 Å². The van der Waals surface area contributed by atoms with Gasteiger partial charge < -0.3 is 0 Å². The van der Waals surface area contributed by atoms with E-state index < -0.39 is 0 Å². The fourth-order valence-electron chi connectivity index (χ4n) is 2.23. The highest BCUT2D eigenvalue weighted by Crippen LogP contribution is 2.33.